The van der Waals surface area contributed by atoms with Crippen molar-refractivity contribution >= 4 is 98.9 Å². The van der Waals surface area contributed by atoms with Crippen LogP contribution in [0.1, 0.15) is 0 Å². The second kappa shape index (κ2) is 11.8. The summed E-state index contributed by atoms with van der Waals surface area (Å²) in [6.45, 7) is 0. The molecule has 4 aromatic heterocycles. The number of para-hydroxylation sites is 3. The summed E-state index contributed by atoms with van der Waals surface area (Å²) in [6.07, 6.45) is 0. The zero-order valence-electron chi connectivity index (χ0n) is 31.3. The number of fused-ring (bicyclic) bond motifs is 8. The van der Waals surface area contributed by atoms with E-state index in [4.69, 9.17) is 4.42 Å². The largest absolute Gasteiger partial charge is 0.456 e. The van der Waals surface area contributed by atoms with Crippen LogP contribution in [0.3, 0.4) is 0 Å². The van der Waals surface area contributed by atoms with Crippen LogP contribution in [0.4, 0.5) is 17.1 Å². The number of aromatic nitrogens is 2. The van der Waals surface area contributed by atoms with E-state index in [1.807, 2.05) is 0 Å². The average Bonchev–Trinajstić information content (AvgIpc) is 3.92. The Labute approximate surface area is 333 Å². The van der Waals surface area contributed by atoms with Crippen molar-refractivity contribution in [2.75, 3.05) is 4.90 Å². The summed E-state index contributed by atoms with van der Waals surface area (Å²) in [6, 6.07) is 72.3. The molecule has 0 saturated carbocycles. The third kappa shape index (κ3) is 4.34. The molecule has 0 amide bonds. The van der Waals surface area contributed by atoms with Gasteiger partial charge in [0.1, 0.15) is 11.2 Å². The van der Waals surface area contributed by atoms with Crippen LogP contribution in [0.2, 0.25) is 0 Å². The summed E-state index contributed by atoms with van der Waals surface area (Å²) in [4.78, 5) is 2.31. The molecule has 0 radical (unpaired) electrons. The quantitative estimate of drug-likeness (QED) is 0.176. The van der Waals surface area contributed by atoms with Gasteiger partial charge in [0.15, 0.2) is 0 Å². The van der Waals surface area contributed by atoms with E-state index in [0.29, 0.717) is 0 Å². The normalized spacial score (nSPS) is 12.1. The predicted molar refractivity (Wildman–Crippen MR) is 243 cm³/mol. The van der Waals surface area contributed by atoms with Gasteiger partial charge < -0.3 is 18.3 Å². The Balaban J connectivity index is 0.985. The molecule has 4 heterocycles. The Kier molecular flexibility index (Phi) is 6.41. The molecule has 58 heavy (non-hydrogen) atoms. The molecule has 0 aliphatic carbocycles. The number of anilines is 3. The Bertz CT molecular complexity index is 3720. The van der Waals surface area contributed by atoms with E-state index in [0.717, 1.165) is 44.7 Å². The molecule has 0 bridgehead atoms. The van der Waals surface area contributed by atoms with Crippen molar-refractivity contribution in [1.29, 1.82) is 0 Å². The first-order valence-corrected chi connectivity index (χ1v) is 19.8. The van der Waals surface area contributed by atoms with Crippen molar-refractivity contribution < 1.29 is 4.42 Å². The van der Waals surface area contributed by atoms with Gasteiger partial charge in [-0.15, -0.1) is 0 Å². The van der Waals surface area contributed by atoms with Gasteiger partial charge in [0.2, 0.25) is 0 Å². The summed E-state index contributed by atoms with van der Waals surface area (Å²) in [5.74, 6) is 0. The maximum Gasteiger partial charge on any atom is 0.137 e. The highest BCUT2D eigenvalue weighted by atomic mass is 16.3. The number of furan rings is 1. The number of benzene rings is 9. The standard InChI is InChI=1S/C54H33N3O/c1-3-12-34(13-4-1)35-24-31-50-45(32-35)41-30-29-39(33-51(41)58-50)55(36-14-5-2-6-15-36)37-25-27-38(28-26-37)56-47-21-10-17-42-44-19-9-18-43-40-16-7-8-20-46(40)57(54(43)44)49-23-11-22-48(56)53(49)52(42)47/h1-33H. The van der Waals surface area contributed by atoms with Gasteiger partial charge in [-0.2, -0.15) is 0 Å². The molecule has 270 valence electrons. The van der Waals surface area contributed by atoms with E-state index in [1.165, 1.54) is 71.0 Å². The Hall–Kier alpha value is -7.82. The smallest absolute Gasteiger partial charge is 0.137 e. The lowest BCUT2D eigenvalue weighted by molar-refractivity contribution is 0.669. The van der Waals surface area contributed by atoms with Crippen molar-refractivity contribution in [3.63, 3.8) is 0 Å². The SMILES string of the molecule is c1ccc(-c2ccc3oc4cc(N(c5ccccc5)c5ccc(-n6c7cccc8c9cccc%10c%11ccccc%11n(c%11cccc6c%11c87)c9%10)cc5)ccc4c3c2)cc1. The Morgan fingerprint density at radius 2 is 0.966 bits per heavy atom. The summed E-state index contributed by atoms with van der Waals surface area (Å²) in [5.41, 5.74) is 14.5. The Morgan fingerprint density at radius 3 is 1.81 bits per heavy atom. The average molecular weight is 740 g/mol. The van der Waals surface area contributed by atoms with Crippen LogP contribution >= 0.6 is 0 Å². The van der Waals surface area contributed by atoms with Crippen molar-refractivity contribution in [3.8, 4) is 16.8 Å². The van der Waals surface area contributed by atoms with Crippen LogP contribution in [-0.4, -0.2) is 8.97 Å². The first-order valence-electron chi connectivity index (χ1n) is 19.8. The second-order valence-electron chi connectivity index (χ2n) is 15.3. The fourth-order valence-electron chi connectivity index (χ4n) is 9.76. The van der Waals surface area contributed by atoms with Gasteiger partial charge in [0.05, 0.1) is 27.6 Å². The third-order valence-electron chi connectivity index (χ3n) is 12.2. The van der Waals surface area contributed by atoms with Crippen LogP contribution < -0.4 is 4.90 Å². The van der Waals surface area contributed by atoms with Gasteiger partial charge in [-0.3, -0.25) is 0 Å². The first kappa shape index (κ1) is 31.4. The minimum atomic E-state index is 0.864. The third-order valence-corrected chi connectivity index (χ3v) is 12.2. The van der Waals surface area contributed by atoms with Crippen LogP contribution in [0.5, 0.6) is 0 Å². The topological polar surface area (TPSA) is 25.7 Å². The maximum absolute atomic E-state index is 6.52. The first-order chi connectivity index (χ1) is 28.8. The van der Waals surface area contributed by atoms with E-state index < -0.39 is 0 Å². The van der Waals surface area contributed by atoms with Gasteiger partial charge in [0.25, 0.3) is 0 Å². The molecule has 13 aromatic rings. The minimum absolute atomic E-state index is 0.864. The second-order valence-corrected chi connectivity index (χ2v) is 15.3. The number of rotatable bonds is 5. The highest BCUT2D eigenvalue weighted by Gasteiger charge is 2.22. The zero-order valence-corrected chi connectivity index (χ0v) is 31.3. The summed E-state index contributed by atoms with van der Waals surface area (Å²) >= 11 is 0. The lowest BCUT2D eigenvalue weighted by atomic mass is 10.0. The molecule has 4 heteroatoms. The van der Waals surface area contributed by atoms with Crippen LogP contribution in [0, 0.1) is 0 Å². The Morgan fingerprint density at radius 1 is 0.345 bits per heavy atom. The van der Waals surface area contributed by atoms with E-state index >= 15 is 0 Å². The lowest BCUT2D eigenvalue weighted by Crippen LogP contribution is -2.09. The lowest BCUT2D eigenvalue weighted by Gasteiger charge is -2.25. The highest BCUT2D eigenvalue weighted by molar-refractivity contribution is 6.31. The van der Waals surface area contributed by atoms with Gasteiger partial charge in [-0.05, 0) is 101 Å². The van der Waals surface area contributed by atoms with Crippen LogP contribution in [0.15, 0.2) is 205 Å². The molecule has 0 unspecified atom stereocenters. The highest BCUT2D eigenvalue weighted by Crippen LogP contribution is 2.45. The van der Waals surface area contributed by atoms with E-state index in [9.17, 15) is 0 Å². The maximum atomic E-state index is 6.52. The molecule has 0 fully saturated rings. The predicted octanol–water partition coefficient (Wildman–Crippen LogP) is 15.0. The van der Waals surface area contributed by atoms with Crippen LogP contribution in [0.25, 0.3) is 98.7 Å². The van der Waals surface area contributed by atoms with E-state index in [-0.39, 0.29) is 0 Å². The molecule has 0 aliphatic heterocycles. The molecule has 9 aromatic carbocycles. The minimum Gasteiger partial charge on any atom is -0.456 e. The van der Waals surface area contributed by atoms with Crippen molar-refractivity contribution in [2.45, 2.75) is 0 Å². The van der Waals surface area contributed by atoms with Crippen molar-refractivity contribution in [3.05, 3.63) is 200 Å². The van der Waals surface area contributed by atoms with E-state index in [2.05, 4.69) is 214 Å². The number of hydrogen-bond donors (Lipinski definition) is 0. The molecule has 4 nitrogen and oxygen atoms in total. The summed E-state index contributed by atoms with van der Waals surface area (Å²) < 4.78 is 11.4. The summed E-state index contributed by atoms with van der Waals surface area (Å²) in [7, 11) is 0. The fraction of sp³-hybridized carbons (Fsp3) is 0. The molecule has 13 rings (SSSR count). The molecule has 0 spiro atoms. The van der Waals surface area contributed by atoms with Gasteiger partial charge in [-0.1, -0.05) is 109 Å². The molecule has 0 atom stereocenters. The summed E-state index contributed by atoms with van der Waals surface area (Å²) in [5, 5.41) is 9.89. The van der Waals surface area contributed by atoms with Gasteiger partial charge >= 0.3 is 0 Å². The molecule has 0 saturated heterocycles. The zero-order chi connectivity index (χ0) is 37.9. The fourth-order valence-corrected chi connectivity index (χ4v) is 9.76. The molecule has 0 aliphatic rings. The van der Waals surface area contributed by atoms with Crippen molar-refractivity contribution in [2.24, 2.45) is 0 Å². The van der Waals surface area contributed by atoms with Gasteiger partial charge in [0, 0.05) is 66.5 Å². The monoisotopic (exact) mass is 739 g/mol. The molecular weight excluding hydrogens is 707 g/mol. The molecule has 0 N–H and O–H groups in total. The number of nitrogens with zero attached hydrogens (tertiary/aromatic N) is 3. The van der Waals surface area contributed by atoms with Gasteiger partial charge in [-0.25, -0.2) is 0 Å². The van der Waals surface area contributed by atoms with Crippen LogP contribution in [-0.2, 0) is 0 Å². The van der Waals surface area contributed by atoms with Crippen molar-refractivity contribution in [1.82, 2.24) is 8.97 Å². The molecular formula is C54H33N3O. The van der Waals surface area contributed by atoms with E-state index in [1.54, 1.807) is 0 Å². The number of hydrogen-bond acceptors (Lipinski definition) is 2.